The molecule has 0 saturated heterocycles. The molecule has 3 aromatic rings. The summed E-state index contributed by atoms with van der Waals surface area (Å²) in [5, 5.41) is 0. The molecule has 0 radical (unpaired) electrons. The van der Waals surface area contributed by atoms with Crippen LogP contribution in [0.25, 0.3) is 11.4 Å². The van der Waals surface area contributed by atoms with Crippen molar-refractivity contribution in [1.82, 2.24) is 9.36 Å². The van der Waals surface area contributed by atoms with E-state index in [4.69, 9.17) is 4.74 Å². The van der Waals surface area contributed by atoms with E-state index < -0.39 is 0 Å². The number of para-hydroxylation sites is 2. The van der Waals surface area contributed by atoms with E-state index in [9.17, 15) is 4.79 Å². The van der Waals surface area contributed by atoms with E-state index in [1.807, 2.05) is 65.3 Å². The molecule has 0 unspecified atom stereocenters. The zero-order chi connectivity index (χ0) is 23.8. The topological polar surface area (TPSA) is 36.2 Å². The Morgan fingerprint density at radius 1 is 0.588 bits per heavy atom. The largest absolute Gasteiger partial charge is 0.478 e. The fourth-order valence-corrected chi connectivity index (χ4v) is 4.45. The van der Waals surface area contributed by atoms with Gasteiger partial charge < -0.3 is 4.74 Å². The highest BCUT2D eigenvalue weighted by atomic mass is 16.5. The second-order valence-corrected chi connectivity index (χ2v) is 9.21. The number of aromatic nitrogens is 2. The first-order chi connectivity index (χ1) is 16.8. The summed E-state index contributed by atoms with van der Waals surface area (Å²) in [6, 6.07) is 21.3. The van der Waals surface area contributed by atoms with Gasteiger partial charge in [-0.15, -0.1) is 0 Å². The summed E-state index contributed by atoms with van der Waals surface area (Å²) < 4.78 is 9.67. The zero-order valence-electron chi connectivity index (χ0n) is 21.0. The Kier molecular flexibility index (Phi) is 11.6. The lowest BCUT2D eigenvalue weighted by Gasteiger charge is -2.15. The monoisotopic (exact) mass is 462 g/mol. The van der Waals surface area contributed by atoms with Crippen LogP contribution in [-0.2, 0) is 0 Å². The van der Waals surface area contributed by atoms with Crippen LogP contribution in [0.5, 0.6) is 5.88 Å². The van der Waals surface area contributed by atoms with Gasteiger partial charge in [-0.3, -0.25) is 4.79 Å². The Morgan fingerprint density at radius 3 is 1.53 bits per heavy atom. The summed E-state index contributed by atoms with van der Waals surface area (Å²) in [5.41, 5.74) is 1.65. The van der Waals surface area contributed by atoms with Crippen molar-refractivity contribution in [3.8, 4) is 17.3 Å². The number of benzene rings is 2. The predicted octanol–water partition coefficient (Wildman–Crippen LogP) is 8.10. The molecule has 0 aliphatic heterocycles. The Morgan fingerprint density at radius 2 is 1.03 bits per heavy atom. The predicted molar refractivity (Wildman–Crippen MR) is 143 cm³/mol. The molecule has 3 rings (SSSR count). The number of hydrogen-bond acceptors (Lipinski definition) is 2. The van der Waals surface area contributed by atoms with Crippen molar-refractivity contribution in [2.75, 3.05) is 6.61 Å². The van der Waals surface area contributed by atoms with Gasteiger partial charge in [0, 0.05) is 0 Å². The van der Waals surface area contributed by atoms with Gasteiger partial charge in [0.25, 0.3) is 5.56 Å². The molecule has 0 aliphatic carbocycles. The fraction of sp³-hybridized carbons (Fsp3) is 0.500. The first-order valence-electron chi connectivity index (χ1n) is 13.4. The summed E-state index contributed by atoms with van der Waals surface area (Å²) in [6.45, 7) is 2.90. The zero-order valence-corrected chi connectivity index (χ0v) is 21.0. The van der Waals surface area contributed by atoms with Crippen LogP contribution >= 0.6 is 0 Å². The molecule has 0 atom stereocenters. The number of unbranched alkanes of at least 4 members (excludes halogenated alkanes) is 12. The quantitative estimate of drug-likeness (QED) is 0.190. The lowest BCUT2D eigenvalue weighted by Crippen LogP contribution is -2.20. The minimum atomic E-state index is -0.0876. The van der Waals surface area contributed by atoms with Crippen molar-refractivity contribution < 1.29 is 4.74 Å². The molecule has 2 aromatic carbocycles. The van der Waals surface area contributed by atoms with Gasteiger partial charge in [0.05, 0.1) is 24.0 Å². The third-order valence-corrected chi connectivity index (χ3v) is 6.36. The fourth-order valence-electron chi connectivity index (χ4n) is 4.45. The molecule has 4 heteroatoms. The smallest absolute Gasteiger partial charge is 0.275 e. The Labute approximate surface area is 205 Å². The van der Waals surface area contributed by atoms with Crippen molar-refractivity contribution in [1.29, 1.82) is 0 Å². The van der Waals surface area contributed by atoms with Gasteiger partial charge in [-0.2, -0.15) is 0 Å². The Hall–Kier alpha value is -2.75. The second kappa shape index (κ2) is 15.2. The molecule has 0 saturated carbocycles. The number of rotatable bonds is 17. The minimum absolute atomic E-state index is 0.0876. The summed E-state index contributed by atoms with van der Waals surface area (Å²) in [4.78, 5) is 12.8. The third-order valence-electron chi connectivity index (χ3n) is 6.36. The molecule has 0 bridgehead atoms. The summed E-state index contributed by atoms with van der Waals surface area (Å²) >= 11 is 0. The first kappa shape index (κ1) is 25.9. The summed E-state index contributed by atoms with van der Waals surface area (Å²) in [5.74, 6) is 0.596. The highest BCUT2D eigenvalue weighted by Crippen LogP contribution is 2.20. The minimum Gasteiger partial charge on any atom is -0.478 e. The molecule has 0 fully saturated rings. The van der Waals surface area contributed by atoms with Crippen LogP contribution in [0, 0.1) is 0 Å². The van der Waals surface area contributed by atoms with E-state index in [0.29, 0.717) is 12.5 Å². The van der Waals surface area contributed by atoms with Gasteiger partial charge in [-0.25, -0.2) is 9.36 Å². The van der Waals surface area contributed by atoms with Gasteiger partial charge in [0.1, 0.15) is 0 Å². The van der Waals surface area contributed by atoms with Gasteiger partial charge in [0.15, 0.2) is 0 Å². The van der Waals surface area contributed by atoms with Crippen molar-refractivity contribution in [3.05, 3.63) is 77.1 Å². The summed E-state index contributed by atoms with van der Waals surface area (Å²) in [7, 11) is 0. The van der Waals surface area contributed by atoms with E-state index in [1.54, 1.807) is 10.7 Å². The maximum atomic E-state index is 12.8. The molecule has 0 amide bonds. The lowest BCUT2D eigenvalue weighted by molar-refractivity contribution is 0.282. The van der Waals surface area contributed by atoms with Crippen LogP contribution in [0.2, 0.25) is 0 Å². The molecule has 0 aliphatic rings. The van der Waals surface area contributed by atoms with E-state index >= 15 is 0 Å². The average molecular weight is 463 g/mol. The van der Waals surface area contributed by atoms with Crippen molar-refractivity contribution >= 4 is 0 Å². The molecule has 0 N–H and O–H groups in total. The SMILES string of the molecule is CCCCCCCCCCCCCCCOc1cc(=O)n(-c2ccccc2)n1-c1ccccc1. The van der Waals surface area contributed by atoms with Crippen LogP contribution in [0.15, 0.2) is 71.5 Å². The molecule has 4 nitrogen and oxygen atoms in total. The van der Waals surface area contributed by atoms with E-state index in [0.717, 1.165) is 17.8 Å². The maximum Gasteiger partial charge on any atom is 0.275 e. The highest BCUT2D eigenvalue weighted by molar-refractivity contribution is 5.40. The molecular weight excluding hydrogens is 420 g/mol. The standard InChI is InChI=1S/C30H42N2O2/c1-2-3-4-5-6-7-8-9-10-11-12-13-20-25-34-30-26-29(33)31(27-21-16-14-17-22-27)32(30)28-23-18-15-19-24-28/h14-19,21-24,26H,2-13,20,25H2,1H3. The average Bonchev–Trinajstić information content (AvgIpc) is 3.21. The first-order valence-corrected chi connectivity index (χ1v) is 13.4. The van der Waals surface area contributed by atoms with E-state index in [-0.39, 0.29) is 5.56 Å². The molecular formula is C30H42N2O2. The van der Waals surface area contributed by atoms with Crippen LogP contribution in [0.4, 0.5) is 0 Å². The van der Waals surface area contributed by atoms with Crippen molar-refractivity contribution in [2.24, 2.45) is 0 Å². The highest BCUT2D eigenvalue weighted by Gasteiger charge is 2.15. The normalized spacial score (nSPS) is 11.1. The molecule has 184 valence electrons. The van der Waals surface area contributed by atoms with Crippen LogP contribution < -0.4 is 10.3 Å². The molecule has 1 aromatic heterocycles. The van der Waals surface area contributed by atoms with Crippen LogP contribution in [0.3, 0.4) is 0 Å². The van der Waals surface area contributed by atoms with Gasteiger partial charge >= 0.3 is 0 Å². The van der Waals surface area contributed by atoms with E-state index in [2.05, 4.69) is 6.92 Å². The lowest BCUT2D eigenvalue weighted by atomic mass is 10.0. The Balaban J connectivity index is 1.41. The molecule has 34 heavy (non-hydrogen) atoms. The van der Waals surface area contributed by atoms with Crippen molar-refractivity contribution in [2.45, 2.75) is 90.4 Å². The van der Waals surface area contributed by atoms with Crippen LogP contribution in [-0.4, -0.2) is 16.0 Å². The van der Waals surface area contributed by atoms with E-state index in [1.165, 1.54) is 77.0 Å². The molecule has 1 heterocycles. The number of nitrogens with zero attached hydrogens (tertiary/aromatic N) is 2. The van der Waals surface area contributed by atoms with Crippen molar-refractivity contribution in [3.63, 3.8) is 0 Å². The van der Waals surface area contributed by atoms with Gasteiger partial charge in [-0.05, 0) is 30.7 Å². The maximum absolute atomic E-state index is 12.8. The third kappa shape index (κ3) is 8.23. The van der Waals surface area contributed by atoms with Gasteiger partial charge in [-0.1, -0.05) is 120 Å². The summed E-state index contributed by atoms with van der Waals surface area (Å²) in [6.07, 6.45) is 17.3. The van der Waals surface area contributed by atoms with Crippen LogP contribution in [0.1, 0.15) is 90.4 Å². The number of ether oxygens (including phenoxy) is 1. The molecule has 0 spiro atoms. The second-order valence-electron chi connectivity index (χ2n) is 9.21. The van der Waals surface area contributed by atoms with Gasteiger partial charge in [0.2, 0.25) is 5.88 Å². The number of hydrogen-bond donors (Lipinski definition) is 0. The Bertz CT molecular complexity index is 976.